The van der Waals surface area contributed by atoms with E-state index in [1.807, 2.05) is 19.1 Å². The number of rotatable bonds is 6. The number of nitrogens with two attached hydrogens (primary N) is 1. The Morgan fingerprint density at radius 3 is 2.39 bits per heavy atom. The van der Waals surface area contributed by atoms with Crippen molar-refractivity contribution in [3.63, 3.8) is 0 Å². The van der Waals surface area contributed by atoms with Crippen LogP contribution in [-0.2, 0) is 11.2 Å². The molecule has 2 aromatic rings. The summed E-state index contributed by atoms with van der Waals surface area (Å²) in [5.41, 5.74) is 7.32. The van der Waals surface area contributed by atoms with Crippen LogP contribution in [0.5, 0.6) is 5.75 Å². The van der Waals surface area contributed by atoms with Crippen molar-refractivity contribution in [2.75, 3.05) is 0 Å². The molecule has 0 fully saturated rings. The molecule has 2 aromatic carbocycles. The molecule has 0 bridgehead atoms. The molecule has 0 aliphatic rings. The summed E-state index contributed by atoms with van der Waals surface area (Å²) < 4.78 is 5.55. The van der Waals surface area contributed by atoms with Crippen molar-refractivity contribution >= 4 is 29.2 Å². The summed E-state index contributed by atoms with van der Waals surface area (Å²) in [6.07, 6.45) is -0.431. The Morgan fingerprint density at radius 2 is 1.87 bits per heavy atom. The monoisotopic (exact) mass is 353 g/mol. The lowest BCUT2D eigenvalue weighted by atomic mass is 10.0. The van der Waals surface area contributed by atoms with Gasteiger partial charge in [-0.25, -0.2) is 4.79 Å². The SMILES string of the molecule is C[C@@H](N)Cc1ccc(C(Oc2ccc(Cl)cc2Cl)C(=O)O)cc1. The number of aliphatic carboxylic acids is 1. The van der Waals surface area contributed by atoms with E-state index >= 15 is 0 Å². The van der Waals surface area contributed by atoms with Gasteiger partial charge in [0.25, 0.3) is 0 Å². The normalized spacial score (nSPS) is 13.4. The van der Waals surface area contributed by atoms with Crippen molar-refractivity contribution in [1.82, 2.24) is 0 Å². The number of hydrogen-bond acceptors (Lipinski definition) is 3. The van der Waals surface area contributed by atoms with E-state index in [9.17, 15) is 9.90 Å². The van der Waals surface area contributed by atoms with Gasteiger partial charge in [-0.05, 0) is 37.1 Å². The molecule has 0 saturated heterocycles. The highest BCUT2D eigenvalue weighted by atomic mass is 35.5. The van der Waals surface area contributed by atoms with Gasteiger partial charge >= 0.3 is 5.97 Å². The fourth-order valence-corrected chi connectivity index (χ4v) is 2.61. The summed E-state index contributed by atoms with van der Waals surface area (Å²) in [4.78, 5) is 11.5. The first-order valence-electron chi connectivity index (χ1n) is 7.05. The van der Waals surface area contributed by atoms with E-state index in [1.54, 1.807) is 24.3 Å². The molecule has 2 atom stereocenters. The molecule has 0 spiro atoms. The number of hydrogen-bond donors (Lipinski definition) is 2. The van der Waals surface area contributed by atoms with Crippen LogP contribution in [0.15, 0.2) is 42.5 Å². The number of carboxylic acids is 1. The van der Waals surface area contributed by atoms with E-state index in [-0.39, 0.29) is 16.8 Å². The summed E-state index contributed by atoms with van der Waals surface area (Å²) in [5, 5.41) is 10.1. The largest absolute Gasteiger partial charge is 0.478 e. The molecule has 0 amide bonds. The minimum Gasteiger partial charge on any atom is -0.478 e. The second-order valence-corrected chi connectivity index (χ2v) is 6.18. The van der Waals surface area contributed by atoms with Gasteiger partial charge in [-0.3, -0.25) is 0 Å². The molecule has 0 aliphatic carbocycles. The molecule has 6 heteroatoms. The van der Waals surface area contributed by atoms with E-state index in [0.717, 1.165) is 12.0 Å². The average Bonchev–Trinajstić information content (AvgIpc) is 2.46. The van der Waals surface area contributed by atoms with E-state index in [1.165, 1.54) is 6.07 Å². The Kier molecular flexibility index (Phi) is 5.88. The van der Waals surface area contributed by atoms with Crippen molar-refractivity contribution in [2.24, 2.45) is 5.73 Å². The number of carboxylic acid groups (broad SMARTS) is 1. The molecule has 0 heterocycles. The lowest BCUT2D eigenvalue weighted by Gasteiger charge is -2.17. The van der Waals surface area contributed by atoms with Gasteiger partial charge in [-0.2, -0.15) is 0 Å². The minimum absolute atomic E-state index is 0.0419. The van der Waals surface area contributed by atoms with E-state index in [0.29, 0.717) is 10.6 Å². The zero-order chi connectivity index (χ0) is 17.0. The molecule has 0 saturated carbocycles. The fourth-order valence-electron chi connectivity index (χ4n) is 2.16. The molecular formula is C17H17Cl2NO3. The summed E-state index contributed by atoms with van der Waals surface area (Å²) in [6, 6.07) is 11.8. The molecule has 23 heavy (non-hydrogen) atoms. The molecule has 0 aromatic heterocycles. The Bertz CT molecular complexity index is 687. The molecule has 122 valence electrons. The minimum atomic E-state index is -1.15. The molecule has 2 rings (SSSR count). The Labute approximate surface area is 144 Å². The van der Waals surface area contributed by atoms with Crippen molar-refractivity contribution in [3.05, 3.63) is 63.6 Å². The van der Waals surface area contributed by atoms with E-state index in [4.69, 9.17) is 33.7 Å². The maximum atomic E-state index is 11.5. The molecule has 0 aliphatic heterocycles. The molecular weight excluding hydrogens is 337 g/mol. The van der Waals surface area contributed by atoms with Crippen LogP contribution in [0.1, 0.15) is 24.2 Å². The van der Waals surface area contributed by atoms with Gasteiger partial charge in [0.05, 0.1) is 5.02 Å². The zero-order valence-electron chi connectivity index (χ0n) is 12.5. The van der Waals surface area contributed by atoms with Gasteiger partial charge in [0.15, 0.2) is 0 Å². The van der Waals surface area contributed by atoms with Crippen LogP contribution in [-0.4, -0.2) is 17.1 Å². The highest BCUT2D eigenvalue weighted by Gasteiger charge is 2.23. The summed E-state index contributed by atoms with van der Waals surface area (Å²) in [7, 11) is 0. The van der Waals surface area contributed by atoms with Crippen molar-refractivity contribution in [2.45, 2.75) is 25.5 Å². The van der Waals surface area contributed by atoms with E-state index in [2.05, 4.69) is 0 Å². The lowest BCUT2D eigenvalue weighted by Crippen LogP contribution is -2.19. The topological polar surface area (TPSA) is 72.5 Å². The number of benzene rings is 2. The highest BCUT2D eigenvalue weighted by Crippen LogP contribution is 2.31. The van der Waals surface area contributed by atoms with Gasteiger partial charge in [0.1, 0.15) is 5.75 Å². The van der Waals surface area contributed by atoms with Crippen molar-refractivity contribution < 1.29 is 14.6 Å². The predicted molar refractivity (Wildman–Crippen MR) is 91.3 cm³/mol. The maximum absolute atomic E-state index is 11.5. The molecule has 4 nitrogen and oxygen atoms in total. The van der Waals surface area contributed by atoms with Gasteiger partial charge in [-0.15, -0.1) is 0 Å². The van der Waals surface area contributed by atoms with Crippen LogP contribution in [0, 0.1) is 0 Å². The zero-order valence-corrected chi connectivity index (χ0v) is 14.0. The Morgan fingerprint density at radius 1 is 1.22 bits per heavy atom. The highest BCUT2D eigenvalue weighted by molar-refractivity contribution is 6.35. The number of carbonyl (C=O) groups is 1. The van der Waals surface area contributed by atoms with Crippen LogP contribution >= 0.6 is 23.2 Å². The van der Waals surface area contributed by atoms with Crippen LogP contribution in [0.25, 0.3) is 0 Å². The smallest absolute Gasteiger partial charge is 0.349 e. The Hall–Kier alpha value is -1.75. The summed E-state index contributed by atoms with van der Waals surface area (Å²) >= 11 is 11.9. The number of halogens is 2. The Balaban J connectivity index is 2.23. The first kappa shape index (κ1) is 17.6. The summed E-state index contributed by atoms with van der Waals surface area (Å²) in [6.45, 7) is 1.92. The molecule has 1 unspecified atom stereocenters. The lowest BCUT2D eigenvalue weighted by molar-refractivity contribution is -0.145. The average molecular weight is 354 g/mol. The second kappa shape index (κ2) is 7.68. The summed E-state index contributed by atoms with van der Waals surface area (Å²) in [5.74, 6) is -0.834. The number of ether oxygens (including phenoxy) is 1. The molecule has 0 radical (unpaired) electrons. The van der Waals surface area contributed by atoms with E-state index < -0.39 is 12.1 Å². The molecule has 3 N–H and O–H groups in total. The fraction of sp³-hybridized carbons (Fsp3) is 0.235. The first-order chi connectivity index (χ1) is 10.9. The van der Waals surface area contributed by atoms with Gasteiger partial charge in [0.2, 0.25) is 6.10 Å². The standard InChI is InChI=1S/C17H17Cl2NO3/c1-10(20)8-11-2-4-12(5-3-11)16(17(21)22)23-15-7-6-13(18)9-14(15)19/h2-7,9-10,16H,8,20H2,1H3,(H,21,22)/t10-,16?/m1/s1. The first-order valence-corrected chi connectivity index (χ1v) is 7.81. The third-order valence-corrected chi connectivity index (χ3v) is 3.73. The van der Waals surface area contributed by atoms with Gasteiger partial charge < -0.3 is 15.6 Å². The van der Waals surface area contributed by atoms with Crippen LogP contribution in [0.3, 0.4) is 0 Å². The van der Waals surface area contributed by atoms with Crippen LogP contribution in [0.4, 0.5) is 0 Å². The second-order valence-electron chi connectivity index (χ2n) is 5.33. The van der Waals surface area contributed by atoms with Crippen LogP contribution in [0.2, 0.25) is 10.0 Å². The van der Waals surface area contributed by atoms with Crippen LogP contribution < -0.4 is 10.5 Å². The van der Waals surface area contributed by atoms with Crippen molar-refractivity contribution in [3.8, 4) is 5.75 Å². The third-order valence-electron chi connectivity index (χ3n) is 3.20. The maximum Gasteiger partial charge on any atom is 0.349 e. The quantitative estimate of drug-likeness (QED) is 0.820. The van der Waals surface area contributed by atoms with Crippen molar-refractivity contribution in [1.29, 1.82) is 0 Å². The van der Waals surface area contributed by atoms with Gasteiger partial charge in [0, 0.05) is 16.6 Å². The van der Waals surface area contributed by atoms with Gasteiger partial charge in [-0.1, -0.05) is 47.5 Å². The predicted octanol–water partition coefficient (Wildman–Crippen LogP) is 4.09. The third kappa shape index (κ3) is 4.86.